The molecule has 1 amide bonds. The molecule has 192 valence electrons. The maximum Gasteiger partial charge on any atom is 0.258 e. The van der Waals surface area contributed by atoms with Crippen LogP contribution in [0, 0.1) is 5.82 Å². The van der Waals surface area contributed by atoms with Crippen LogP contribution in [0.2, 0.25) is 0 Å². The Morgan fingerprint density at radius 3 is 2.19 bits per heavy atom. The quantitative estimate of drug-likeness (QED) is 0.413. The first-order chi connectivity index (χ1) is 17.1. The maximum atomic E-state index is 13.2. The second-order valence-electron chi connectivity index (χ2n) is 8.08. The van der Waals surface area contributed by atoms with Crippen LogP contribution in [0.25, 0.3) is 0 Å². The van der Waals surface area contributed by atoms with E-state index in [1.165, 1.54) is 28.6 Å². The van der Waals surface area contributed by atoms with Crippen molar-refractivity contribution in [1.82, 2.24) is 5.32 Å². The molecule has 8 nitrogen and oxygen atoms in total. The van der Waals surface area contributed by atoms with E-state index in [0.29, 0.717) is 28.5 Å². The molecule has 0 radical (unpaired) electrons. The molecular weight excluding hydrogens is 487 g/mol. The van der Waals surface area contributed by atoms with E-state index in [4.69, 9.17) is 14.2 Å². The zero-order chi connectivity index (χ0) is 26.3. The molecule has 0 saturated heterocycles. The Kier molecular flexibility index (Phi) is 8.76. The summed E-state index contributed by atoms with van der Waals surface area (Å²) in [7, 11) is -0.500. The highest BCUT2D eigenvalue weighted by molar-refractivity contribution is 7.92. The summed E-state index contributed by atoms with van der Waals surface area (Å²) in [5, 5.41) is 2.86. The molecule has 36 heavy (non-hydrogen) atoms. The standard InChI is InChI=1S/C26H29FN2O6S/c1-18(20-7-14-24(33-2)25(15-20)34-3)28-26(30)17-35-23-12-10-22(11-13-23)29(36(4,31)32)16-19-5-8-21(27)9-6-19/h5-15,18H,16-17H2,1-4H3,(H,28,30)/t18-/m0/s1. The summed E-state index contributed by atoms with van der Waals surface area (Å²) in [6.45, 7) is 1.67. The monoisotopic (exact) mass is 516 g/mol. The Balaban J connectivity index is 1.60. The number of methoxy groups -OCH3 is 2. The highest BCUT2D eigenvalue weighted by atomic mass is 32.2. The fourth-order valence-electron chi connectivity index (χ4n) is 3.50. The van der Waals surface area contributed by atoms with Gasteiger partial charge in [-0.25, -0.2) is 12.8 Å². The van der Waals surface area contributed by atoms with Gasteiger partial charge in [0.2, 0.25) is 10.0 Å². The van der Waals surface area contributed by atoms with E-state index in [9.17, 15) is 17.6 Å². The van der Waals surface area contributed by atoms with Crippen molar-refractivity contribution < 1.29 is 31.8 Å². The van der Waals surface area contributed by atoms with Gasteiger partial charge in [0.05, 0.1) is 38.7 Å². The summed E-state index contributed by atoms with van der Waals surface area (Å²) in [4.78, 5) is 12.4. The molecule has 0 saturated carbocycles. The average Bonchev–Trinajstić information content (AvgIpc) is 2.86. The minimum Gasteiger partial charge on any atom is -0.493 e. The topological polar surface area (TPSA) is 94.2 Å². The lowest BCUT2D eigenvalue weighted by Crippen LogP contribution is -2.31. The molecule has 3 aromatic carbocycles. The van der Waals surface area contributed by atoms with E-state index in [0.717, 1.165) is 11.8 Å². The Morgan fingerprint density at radius 2 is 1.61 bits per heavy atom. The number of ether oxygens (including phenoxy) is 3. The maximum absolute atomic E-state index is 13.2. The molecule has 0 aliphatic rings. The molecular formula is C26H29FN2O6S. The van der Waals surface area contributed by atoms with Gasteiger partial charge >= 0.3 is 0 Å². The number of nitrogens with zero attached hydrogens (tertiary/aromatic N) is 1. The van der Waals surface area contributed by atoms with Crippen molar-refractivity contribution in [2.24, 2.45) is 0 Å². The number of rotatable bonds is 11. The van der Waals surface area contributed by atoms with Crippen LogP contribution in [-0.2, 0) is 21.4 Å². The lowest BCUT2D eigenvalue weighted by Gasteiger charge is -2.23. The van der Waals surface area contributed by atoms with Crippen LogP contribution >= 0.6 is 0 Å². The van der Waals surface area contributed by atoms with E-state index in [-0.39, 0.29) is 25.1 Å². The Morgan fingerprint density at radius 1 is 0.972 bits per heavy atom. The summed E-state index contributed by atoms with van der Waals surface area (Å²) >= 11 is 0. The Labute approximate surface area is 210 Å². The predicted octanol–water partition coefficient (Wildman–Crippen LogP) is 4.07. The predicted molar refractivity (Wildman–Crippen MR) is 135 cm³/mol. The van der Waals surface area contributed by atoms with Crippen LogP contribution in [0.5, 0.6) is 17.2 Å². The van der Waals surface area contributed by atoms with Gasteiger partial charge < -0.3 is 19.5 Å². The number of hydrogen-bond acceptors (Lipinski definition) is 6. The molecule has 3 rings (SSSR count). The van der Waals surface area contributed by atoms with Crippen molar-refractivity contribution in [2.75, 3.05) is 31.4 Å². The number of halogens is 1. The van der Waals surface area contributed by atoms with Gasteiger partial charge in [-0.15, -0.1) is 0 Å². The minimum absolute atomic E-state index is 0.0513. The van der Waals surface area contributed by atoms with E-state index in [2.05, 4.69) is 5.32 Å². The molecule has 0 aliphatic carbocycles. The van der Waals surface area contributed by atoms with Gasteiger partial charge in [0, 0.05) is 0 Å². The van der Waals surface area contributed by atoms with Gasteiger partial charge in [-0.1, -0.05) is 18.2 Å². The second-order valence-corrected chi connectivity index (χ2v) is 9.99. The van der Waals surface area contributed by atoms with Crippen molar-refractivity contribution >= 4 is 21.6 Å². The highest BCUT2D eigenvalue weighted by Crippen LogP contribution is 2.30. The molecule has 1 N–H and O–H groups in total. The molecule has 0 spiro atoms. The van der Waals surface area contributed by atoms with Crippen LogP contribution in [0.4, 0.5) is 10.1 Å². The smallest absolute Gasteiger partial charge is 0.258 e. The first-order valence-electron chi connectivity index (χ1n) is 11.1. The number of carbonyl (C=O) groups is 1. The van der Waals surface area contributed by atoms with Gasteiger partial charge in [-0.05, 0) is 66.6 Å². The Bertz CT molecular complexity index is 1280. The van der Waals surface area contributed by atoms with Crippen LogP contribution in [0.3, 0.4) is 0 Å². The molecule has 1 atom stereocenters. The summed E-state index contributed by atoms with van der Waals surface area (Å²) in [5.41, 5.74) is 1.90. The third-order valence-corrected chi connectivity index (χ3v) is 6.56. The zero-order valence-corrected chi connectivity index (χ0v) is 21.3. The molecule has 0 fully saturated rings. The van der Waals surface area contributed by atoms with Crippen LogP contribution < -0.4 is 23.8 Å². The van der Waals surface area contributed by atoms with Gasteiger partial charge in [0.15, 0.2) is 18.1 Å². The first-order valence-corrected chi connectivity index (χ1v) is 12.9. The van der Waals surface area contributed by atoms with Crippen molar-refractivity contribution in [3.63, 3.8) is 0 Å². The number of amides is 1. The molecule has 0 unspecified atom stereocenters. The minimum atomic E-state index is -3.60. The number of sulfonamides is 1. The highest BCUT2D eigenvalue weighted by Gasteiger charge is 2.18. The SMILES string of the molecule is COc1ccc([C@H](C)NC(=O)COc2ccc(N(Cc3ccc(F)cc3)S(C)(=O)=O)cc2)cc1OC. The molecule has 0 bridgehead atoms. The summed E-state index contributed by atoms with van der Waals surface area (Å²) in [6.07, 6.45) is 1.10. The van der Waals surface area contributed by atoms with Crippen molar-refractivity contribution in [2.45, 2.75) is 19.5 Å². The van der Waals surface area contributed by atoms with E-state index in [1.54, 1.807) is 50.6 Å². The Hall–Kier alpha value is -3.79. The van der Waals surface area contributed by atoms with Crippen molar-refractivity contribution in [3.05, 3.63) is 83.7 Å². The fourth-order valence-corrected chi connectivity index (χ4v) is 4.39. The molecule has 10 heteroatoms. The van der Waals surface area contributed by atoms with E-state index >= 15 is 0 Å². The lowest BCUT2D eigenvalue weighted by molar-refractivity contribution is -0.123. The molecule has 0 heterocycles. The third-order valence-electron chi connectivity index (χ3n) is 5.42. The average molecular weight is 517 g/mol. The number of hydrogen-bond donors (Lipinski definition) is 1. The largest absolute Gasteiger partial charge is 0.493 e. The summed E-state index contributed by atoms with van der Waals surface area (Å²) < 4.78 is 55.2. The van der Waals surface area contributed by atoms with Crippen molar-refractivity contribution in [3.8, 4) is 17.2 Å². The van der Waals surface area contributed by atoms with Gasteiger partial charge in [-0.2, -0.15) is 0 Å². The van der Waals surface area contributed by atoms with E-state index < -0.39 is 15.8 Å². The fraction of sp³-hybridized carbons (Fsp3) is 0.269. The second kappa shape index (κ2) is 11.8. The molecule has 0 aromatic heterocycles. The number of benzene rings is 3. The first kappa shape index (κ1) is 26.8. The van der Waals surface area contributed by atoms with Crippen LogP contribution in [0.15, 0.2) is 66.7 Å². The summed E-state index contributed by atoms with van der Waals surface area (Å²) in [6, 6.07) is 17.1. The van der Waals surface area contributed by atoms with Gasteiger partial charge in [0.1, 0.15) is 11.6 Å². The normalized spacial score (nSPS) is 11.9. The van der Waals surface area contributed by atoms with Crippen LogP contribution in [0.1, 0.15) is 24.1 Å². The lowest BCUT2D eigenvalue weighted by atomic mass is 10.1. The summed E-state index contributed by atoms with van der Waals surface area (Å²) in [5.74, 6) is 0.848. The zero-order valence-electron chi connectivity index (χ0n) is 20.5. The van der Waals surface area contributed by atoms with Gasteiger partial charge in [0.25, 0.3) is 5.91 Å². The van der Waals surface area contributed by atoms with Crippen LogP contribution in [-0.4, -0.2) is 41.4 Å². The van der Waals surface area contributed by atoms with Crippen molar-refractivity contribution in [1.29, 1.82) is 0 Å². The molecule has 3 aromatic rings. The molecule has 0 aliphatic heterocycles. The van der Waals surface area contributed by atoms with Gasteiger partial charge in [-0.3, -0.25) is 9.10 Å². The number of carbonyl (C=O) groups excluding carboxylic acids is 1. The number of nitrogens with one attached hydrogen (secondary N) is 1. The van der Waals surface area contributed by atoms with E-state index in [1.807, 2.05) is 13.0 Å². The number of anilines is 1. The third kappa shape index (κ3) is 7.11.